The number of benzene rings is 11. The molecule has 69 heavy (non-hydrogen) atoms. The van der Waals surface area contributed by atoms with Crippen molar-refractivity contribution < 1.29 is 0 Å². The summed E-state index contributed by atoms with van der Waals surface area (Å²) in [6, 6.07) is 96.9. The molecule has 0 atom stereocenters. The largest absolute Gasteiger partial charge is 0.309 e. The number of hydrogen-bond donors (Lipinski definition) is 0. The van der Waals surface area contributed by atoms with Crippen LogP contribution in [0.5, 0.6) is 0 Å². The lowest BCUT2D eigenvalue weighted by Gasteiger charge is -2.34. The van der Waals surface area contributed by atoms with Gasteiger partial charge in [-0.2, -0.15) is 0 Å². The average molecular weight is 880 g/mol. The van der Waals surface area contributed by atoms with Gasteiger partial charge in [-0.15, -0.1) is 0 Å². The quantitative estimate of drug-likeness (QED) is 0.147. The van der Waals surface area contributed by atoms with Gasteiger partial charge >= 0.3 is 0 Å². The van der Waals surface area contributed by atoms with Crippen molar-refractivity contribution in [3.05, 3.63) is 294 Å². The Morgan fingerprint density at radius 2 is 0.783 bits per heavy atom. The molecule has 1 nitrogen and oxygen atoms in total. The van der Waals surface area contributed by atoms with E-state index < -0.39 is 5.41 Å². The van der Waals surface area contributed by atoms with Crippen LogP contribution < -0.4 is 4.90 Å². The van der Waals surface area contributed by atoms with Gasteiger partial charge in [0.1, 0.15) is 0 Å². The van der Waals surface area contributed by atoms with E-state index in [-0.39, 0.29) is 5.41 Å². The number of hydrogen-bond acceptors (Lipinski definition) is 1. The summed E-state index contributed by atoms with van der Waals surface area (Å²) >= 11 is 0. The van der Waals surface area contributed by atoms with Crippen LogP contribution in [0, 0.1) is 0 Å². The van der Waals surface area contributed by atoms with Crippen LogP contribution in [0.2, 0.25) is 0 Å². The standard InChI is InChI=1S/C68H49N/c1-67(2)61-32-15-11-29-56(61)59-41-38-51(44-64(59)67)60-43-49-22-9-10-23-50(49)45-66(60)69(65-35-18-14-28-55(65)47-20-5-3-6-21-47)54-39-36-46(37-40-54)48-24-19-27-53(42-48)68(52-25-7-4-8-26-52)62-33-16-12-30-57(62)58-31-13-17-34-63(58)68/h3-45H,1-2H3. The summed E-state index contributed by atoms with van der Waals surface area (Å²) in [7, 11) is 0. The number of nitrogens with zero attached hydrogens (tertiary/aromatic N) is 1. The zero-order valence-electron chi connectivity index (χ0n) is 38.8. The topological polar surface area (TPSA) is 3.24 Å². The Hall–Kier alpha value is -8.52. The summed E-state index contributed by atoms with van der Waals surface area (Å²) in [4.78, 5) is 2.49. The zero-order chi connectivity index (χ0) is 46.1. The van der Waals surface area contributed by atoms with E-state index in [1.165, 1.54) is 99.8 Å². The lowest BCUT2D eigenvalue weighted by molar-refractivity contribution is 0.660. The van der Waals surface area contributed by atoms with E-state index >= 15 is 0 Å². The predicted molar refractivity (Wildman–Crippen MR) is 290 cm³/mol. The molecule has 2 aliphatic rings. The minimum atomic E-state index is -0.468. The van der Waals surface area contributed by atoms with Gasteiger partial charge in [0.05, 0.1) is 16.8 Å². The number of fused-ring (bicyclic) bond motifs is 7. The maximum Gasteiger partial charge on any atom is 0.0713 e. The molecule has 0 saturated heterocycles. The maximum atomic E-state index is 2.49. The van der Waals surface area contributed by atoms with E-state index in [1.54, 1.807) is 0 Å². The third kappa shape index (κ3) is 6.38. The van der Waals surface area contributed by atoms with Crippen molar-refractivity contribution in [1.82, 2.24) is 0 Å². The molecular formula is C68H49N. The van der Waals surface area contributed by atoms with Crippen molar-refractivity contribution in [2.24, 2.45) is 0 Å². The van der Waals surface area contributed by atoms with E-state index in [2.05, 4.69) is 280 Å². The van der Waals surface area contributed by atoms with Gasteiger partial charge in [0.25, 0.3) is 0 Å². The van der Waals surface area contributed by atoms with E-state index in [0.29, 0.717) is 0 Å². The molecule has 0 bridgehead atoms. The van der Waals surface area contributed by atoms with E-state index in [9.17, 15) is 0 Å². The Balaban J connectivity index is 0.991. The Kier molecular flexibility index (Phi) is 9.49. The van der Waals surface area contributed by atoms with Crippen LogP contribution in [0.1, 0.15) is 47.2 Å². The highest BCUT2D eigenvalue weighted by Crippen LogP contribution is 2.57. The molecule has 0 radical (unpaired) electrons. The first-order chi connectivity index (χ1) is 34.0. The molecule has 0 unspecified atom stereocenters. The van der Waals surface area contributed by atoms with Gasteiger partial charge in [0.2, 0.25) is 0 Å². The second-order valence-corrected chi connectivity index (χ2v) is 19.2. The van der Waals surface area contributed by atoms with Crippen molar-refractivity contribution in [2.75, 3.05) is 4.90 Å². The summed E-state index contributed by atoms with van der Waals surface area (Å²) in [5, 5.41) is 2.41. The zero-order valence-corrected chi connectivity index (χ0v) is 38.8. The molecule has 0 aromatic heterocycles. The molecule has 11 aromatic carbocycles. The minimum Gasteiger partial charge on any atom is -0.309 e. The van der Waals surface area contributed by atoms with E-state index in [4.69, 9.17) is 0 Å². The molecule has 0 saturated carbocycles. The summed E-state index contributed by atoms with van der Waals surface area (Å²) in [6.07, 6.45) is 0. The van der Waals surface area contributed by atoms with Gasteiger partial charge in [0, 0.05) is 22.2 Å². The van der Waals surface area contributed by atoms with E-state index in [1.807, 2.05) is 0 Å². The molecule has 0 spiro atoms. The summed E-state index contributed by atoms with van der Waals surface area (Å²) in [5.41, 5.74) is 23.0. The van der Waals surface area contributed by atoms with Gasteiger partial charge in [-0.1, -0.05) is 232 Å². The molecule has 0 fully saturated rings. The first-order valence-corrected chi connectivity index (χ1v) is 24.2. The summed E-state index contributed by atoms with van der Waals surface area (Å²) < 4.78 is 0. The SMILES string of the molecule is CC1(C)c2ccccc2-c2ccc(-c3cc4ccccc4cc3N(c3ccc(-c4cccc(C5(c6ccccc6)c6ccccc6-c6ccccc65)c4)cc3)c3ccccc3-c3ccccc3)cc21. The summed E-state index contributed by atoms with van der Waals surface area (Å²) in [6.45, 7) is 4.74. The fourth-order valence-corrected chi connectivity index (χ4v) is 11.9. The van der Waals surface area contributed by atoms with Crippen molar-refractivity contribution in [1.29, 1.82) is 0 Å². The fourth-order valence-electron chi connectivity index (χ4n) is 11.9. The van der Waals surface area contributed by atoms with Crippen LogP contribution in [0.15, 0.2) is 261 Å². The summed E-state index contributed by atoms with van der Waals surface area (Å²) in [5.74, 6) is 0. The Morgan fingerprint density at radius 3 is 1.48 bits per heavy atom. The Bertz CT molecular complexity index is 3700. The van der Waals surface area contributed by atoms with E-state index in [0.717, 1.165) is 17.1 Å². The third-order valence-corrected chi connectivity index (χ3v) is 15.1. The third-order valence-electron chi connectivity index (χ3n) is 15.1. The molecule has 1 heteroatoms. The van der Waals surface area contributed by atoms with Gasteiger partial charge in [-0.3, -0.25) is 0 Å². The Labute approximate surface area is 405 Å². The van der Waals surface area contributed by atoms with Crippen LogP contribution in [0.25, 0.3) is 66.4 Å². The number of rotatable bonds is 8. The van der Waals surface area contributed by atoms with Crippen LogP contribution in [-0.2, 0) is 10.8 Å². The van der Waals surface area contributed by atoms with Crippen molar-refractivity contribution in [2.45, 2.75) is 24.7 Å². The van der Waals surface area contributed by atoms with Gasteiger partial charge < -0.3 is 4.90 Å². The fraction of sp³-hybridized carbons (Fsp3) is 0.0588. The predicted octanol–water partition coefficient (Wildman–Crippen LogP) is 18.0. The second kappa shape index (κ2) is 16.1. The number of anilines is 3. The first-order valence-electron chi connectivity index (χ1n) is 24.2. The average Bonchev–Trinajstić information content (AvgIpc) is 3.85. The van der Waals surface area contributed by atoms with Gasteiger partial charge in [-0.25, -0.2) is 0 Å². The van der Waals surface area contributed by atoms with Crippen molar-refractivity contribution in [3.63, 3.8) is 0 Å². The molecule has 0 N–H and O–H groups in total. The van der Waals surface area contributed by atoms with Crippen LogP contribution in [-0.4, -0.2) is 0 Å². The molecule has 13 rings (SSSR count). The maximum absolute atomic E-state index is 2.49. The lowest BCUT2D eigenvalue weighted by Crippen LogP contribution is -2.28. The monoisotopic (exact) mass is 879 g/mol. The highest BCUT2D eigenvalue weighted by atomic mass is 15.1. The Morgan fingerprint density at radius 1 is 0.275 bits per heavy atom. The molecular weight excluding hydrogens is 831 g/mol. The molecule has 0 aliphatic heterocycles. The van der Waals surface area contributed by atoms with Crippen molar-refractivity contribution >= 4 is 27.8 Å². The van der Waals surface area contributed by atoms with Gasteiger partial charge in [0.15, 0.2) is 0 Å². The highest BCUT2D eigenvalue weighted by Gasteiger charge is 2.46. The lowest BCUT2D eigenvalue weighted by atomic mass is 9.67. The molecule has 326 valence electrons. The molecule has 2 aliphatic carbocycles. The number of para-hydroxylation sites is 1. The molecule has 0 amide bonds. The molecule has 0 heterocycles. The van der Waals surface area contributed by atoms with Crippen LogP contribution in [0.4, 0.5) is 17.1 Å². The first kappa shape index (κ1) is 40.7. The molecule has 11 aromatic rings. The minimum absolute atomic E-state index is 0.128. The smallest absolute Gasteiger partial charge is 0.0713 e. The van der Waals surface area contributed by atoms with Crippen LogP contribution >= 0.6 is 0 Å². The highest BCUT2D eigenvalue weighted by molar-refractivity contribution is 6.01. The van der Waals surface area contributed by atoms with Gasteiger partial charge in [-0.05, 0) is 131 Å². The normalized spacial score (nSPS) is 13.6. The van der Waals surface area contributed by atoms with Crippen molar-refractivity contribution in [3.8, 4) is 55.6 Å². The van der Waals surface area contributed by atoms with Crippen LogP contribution in [0.3, 0.4) is 0 Å². The second-order valence-electron chi connectivity index (χ2n) is 19.2.